The van der Waals surface area contributed by atoms with Crippen LogP contribution < -0.4 is 15.0 Å². The van der Waals surface area contributed by atoms with Gasteiger partial charge in [0.2, 0.25) is 11.8 Å². The summed E-state index contributed by atoms with van der Waals surface area (Å²) in [5.41, 5.74) is 3.23. The predicted molar refractivity (Wildman–Crippen MR) is 115 cm³/mol. The van der Waals surface area contributed by atoms with Crippen molar-refractivity contribution in [1.29, 1.82) is 0 Å². The molecular weight excluding hydrogens is 382 g/mol. The third kappa shape index (κ3) is 4.97. The van der Waals surface area contributed by atoms with Crippen molar-refractivity contribution >= 4 is 23.4 Å². The molecule has 0 bridgehead atoms. The molecule has 1 heterocycles. The molecule has 3 amide bonds. The van der Waals surface area contributed by atoms with Crippen molar-refractivity contribution in [3.63, 3.8) is 0 Å². The lowest BCUT2D eigenvalue weighted by Crippen LogP contribution is -2.37. The first-order chi connectivity index (χ1) is 14.4. The van der Waals surface area contributed by atoms with Crippen molar-refractivity contribution in [2.24, 2.45) is 0 Å². The highest BCUT2D eigenvalue weighted by molar-refractivity contribution is 5.98. The first kappa shape index (κ1) is 21.4. The number of methoxy groups -OCH3 is 1. The van der Waals surface area contributed by atoms with E-state index in [2.05, 4.69) is 5.32 Å². The standard InChI is InChI=1S/C23H27N3O4/c1-16-6-11-20(30-3)18(13-16)15-25(2)22(28)14-24-23(29)17-7-9-19(10-8-17)26-12-4-5-21(26)27/h6-11,13H,4-5,12,14-15H2,1-3H3,(H,24,29). The monoisotopic (exact) mass is 409 g/mol. The molecule has 2 aromatic rings. The van der Waals surface area contributed by atoms with Gasteiger partial charge in [0.15, 0.2) is 0 Å². The first-order valence-electron chi connectivity index (χ1n) is 9.95. The molecule has 0 radical (unpaired) electrons. The highest BCUT2D eigenvalue weighted by atomic mass is 16.5. The number of aryl methyl sites for hydroxylation is 1. The van der Waals surface area contributed by atoms with Gasteiger partial charge in [0.1, 0.15) is 5.75 Å². The number of rotatable bonds is 7. The van der Waals surface area contributed by atoms with Gasteiger partial charge in [-0.2, -0.15) is 0 Å². The maximum Gasteiger partial charge on any atom is 0.251 e. The topological polar surface area (TPSA) is 79.0 Å². The average Bonchev–Trinajstić information content (AvgIpc) is 3.17. The van der Waals surface area contributed by atoms with Crippen molar-refractivity contribution in [3.8, 4) is 5.75 Å². The Morgan fingerprint density at radius 1 is 1.17 bits per heavy atom. The van der Waals surface area contributed by atoms with E-state index in [1.54, 1.807) is 48.2 Å². The second-order valence-electron chi connectivity index (χ2n) is 7.44. The Morgan fingerprint density at radius 3 is 2.53 bits per heavy atom. The van der Waals surface area contributed by atoms with E-state index in [1.807, 2.05) is 25.1 Å². The molecule has 7 nitrogen and oxygen atoms in total. The summed E-state index contributed by atoms with van der Waals surface area (Å²) in [5.74, 6) is 0.294. The molecule has 0 atom stereocenters. The number of benzene rings is 2. The molecule has 0 spiro atoms. The van der Waals surface area contributed by atoms with E-state index >= 15 is 0 Å². The van der Waals surface area contributed by atoms with Crippen LogP contribution in [-0.2, 0) is 16.1 Å². The van der Waals surface area contributed by atoms with Crippen LogP contribution in [0.4, 0.5) is 5.69 Å². The minimum absolute atomic E-state index is 0.101. The van der Waals surface area contributed by atoms with Gasteiger partial charge in [-0.15, -0.1) is 0 Å². The maximum atomic E-state index is 12.5. The molecule has 1 fully saturated rings. The SMILES string of the molecule is COc1ccc(C)cc1CN(C)C(=O)CNC(=O)c1ccc(N2CCCC2=O)cc1. The molecule has 1 aliphatic rings. The van der Waals surface area contributed by atoms with E-state index in [9.17, 15) is 14.4 Å². The van der Waals surface area contributed by atoms with E-state index < -0.39 is 0 Å². The fourth-order valence-electron chi connectivity index (χ4n) is 3.48. The van der Waals surface area contributed by atoms with Crippen molar-refractivity contribution < 1.29 is 19.1 Å². The number of carbonyl (C=O) groups is 3. The van der Waals surface area contributed by atoms with Crippen LogP contribution in [0.15, 0.2) is 42.5 Å². The normalized spacial score (nSPS) is 13.3. The van der Waals surface area contributed by atoms with Crippen LogP contribution in [0.25, 0.3) is 0 Å². The Balaban J connectivity index is 1.54. The Kier molecular flexibility index (Phi) is 6.72. The summed E-state index contributed by atoms with van der Waals surface area (Å²) in [5, 5.41) is 2.66. The van der Waals surface area contributed by atoms with Gasteiger partial charge in [0.05, 0.1) is 13.7 Å². The fraction of sp³-hybridized carbons (Fsp3) is 0.348. The summed E-state index contributed by atoms with van der Waals surface area (Å²) in [6.45, 7) is 2.97. The molecule has 0 aromatic heterocycles. The van der Waals surface area contributed by atoms with Gasteiger partial charge in [0.25, 0.3) is 5.91 Å². The largest absolute Gasteiger partial charge is 0.496 e. The van der Waals surface area contributed by atoms with Crippen LogP contribution in [0.5, 0.6) is 5.75 Å². The van der Waals surface area contributed by atoms with Crippen LogP contribution >= 0.6 is 0 Å². The summed E-state index contributed by atoms with van der Waals surface area (Å²) in [6, 6.07) is 12.7. The number of amides is 3. The van der Waals surface area contributed by atoms with Gasteiger partial charge in [-0.3, -0.25) is 14.4 Å². The van der Waals surface area contributed by atoms with E-state index in [4.69, 9.17) is 4.74 Å². The lowest BCUT2D eigenvalue weighted by Gasteiger charge is -2.19. The highest BCUT2D eigenvalue weighted by Gasteiger charge is 2.22. The van der Waals surface area contributed by atoms with E-state index in [-0.39, 0.29) is 24.3 Å². The predicted octanol–water partition coefficient (Wildman–Crippen LogP) is 2.52. The number of nitrogens with zero attached hydrogens (tertiary/aromatic N) is 2. The Labute approximate surface area is 176 Å². The number of anilines is 1. The average molecular weight is 409 g/mol. The zero-order chi connectivity index (χ0) is 21.7. The van der Waals surface area contributed by atoms with Crippen LogP contribution in [0.1, 0.15) is 34.3 Å². The Morgan fingerprint density at radius 2 is 1.90 bits per heavy atom. The quantitative estimate of drug-likeness (QED) is 0.762. The molecule has 1 aliphatic heterocycles. The Hall–Kier alpha value is -3.35. The van der Waals surface area contributed by atoms with Gasteiger partial charge < -0.3 is 19.9 Å². The molecule has 0 saturated carbocycles. The van der Waals surface area contributed by atoms with Gasteiger partial charge in [-0.1, -0.05) is 17.7 Å². The molecular formula is C23H27N3O4. The number of nitrogens with one attached hydrogen (secondary N) is 1. The second kappa shape index (κ2) is 9.43. The van der Waals surface area contributed by atoms with Crippen LogP contribution in [0, 0.1) is 6.92 Å². The van der Waals surface area contributed by atoms with Crippen molar-refractivity contribution in [3.05, 3.63) is 59.2 Å². The maximum absolute atomic E-state index is 12.5. The molecule has 2 aromatic carbocycles. The number of hydrogen-bond donors (Lipinski definition) is 1. The third-order valence-corrected chi connectivity index (χ3v) is 5.18. The highest BCUT2D eigenvalue weighted by Crippen LogP contribution is 2.22. The number of hydrogen-bond acceptors (Lipinski definition) is 4. The van der Waals surface area contributed by atoms with Crippen LogP contribution in [-0.4, -0.2) is 49.9 Å². The number of likely N-dealkylation sites (N-methyl/N-ethyl adjacent to an activating group) is 1. The molecule has 0 unspecified atom stereocenters. The van der Waals surface area contributed by atoms with Crippen molar-refractivity contribution in [1.82, 2.24) is 10.2 Å². The lowest BCUT2D eigenvalue weighted by atomic mass is 10.1. The first-order valence-corrected chi connectivity index (χ1v) is 9.95. The number of carbonyl (C=O) groups excluding carboxylic acids is 3. The minimum atomic E-state index is -0.329. The zero-order valence-electron chi connectivity index (χ0n) is 17.6. The van der Waals surface area contributed by atoms with Crippen molar-refractivity contribution in [2.45, 2.75) is 26.3 Å². The summed E-state index contributed by atoms with van der Waals surface area (Å²) >= 11 is 0. The molecule has 3 rings (SSSR count). The smallest absolute Gasteiger partial charge is 0.251 e. The third-order valence-electron chi connectivity index (χ3n) is 5.18. The molecule has 1 saturated heterocycles. The number of ether oxygens (including phenoxy) is 1. The van der Waals surface area contributed by atoms with E-state index in [0.29, 0.717) is 25.1 Å². The van der Waals surface area contributed by atoms with Crippen LogP contribution in [0.2, 0.25) is 0 Å². The molecule has 7 heteroatoms. The zero-order valence-corrected chi connectivity index (χ0v) is 17.6. The Bertz CT molecular complexity index is 940. The molecule has 0 aliphatic carbocycles. The van der Waals surface area contributed by atoms with Gasteiger partial charge in [-0.25, -0.2) is 0 Å². The summed E-state index contributed by atoms with van der Waals surface area (Å²) in [6.07, 6.45) is 1.41. The lowest BCUT2D eigenvalue weighted by molar-refractivity contribution is -0.129. The van der Waals surface area contributed by atoms with Crippen molar-refractivity contribution in [2.75, 3.05) is 32.1 Å². The van der Waals surface area contributed by atoms with E-state index in [1.165, 1.54) is 0 Å². The van der Waals surface area contributed by atoms with Gasteiger partial charge in [0, 0.05) is 43.4 Å². The van der Waals surface area contributed by atoms with E-state index in [0.717, 1.165) is 29.0 Å². The minimum Gasteiger partial charge on any atom is -0.496 e. The summed E-state index contributed by atoms with van der Waals surface area (Å²) < 4.78 is 5.36. The van der Waals surface area contributed by atoms with Gasteiger partial charge >= 0.3 is 0 Å². The fourth-order valence-corrected chi connectivity index (χ4v) is 3.48. The van der Waals surface area contributed by atoms with Crippen LogP contribution in [0.3, 0.4) is 0 Å². The molecule has 30 heavy (non-hydrogen) atoms. The molecule has 158 valence electrons. The summed E-state index contributed by atoms with van der Waals surface area (Å²) in [7, 11) is 3.29. The molecule has 1 N–H and O–H groups in total. The second-order valence-corrected chi connectivity index (χ2v) is 7.44. The van der Waals surface area contributed by atoms with Gasteiger partial charge in [-0.05, 0) is 43.7 Å². The summed E-state index contributed by atoms with van der Waals surface area (Å²) in [4.78, 5) is 39.9.